The number of hydrogen-bond donors (Lipinski definition) is 1. The summed E-state index contributed by atoms with van der Waals surface area (Å²) in [5.74, 6) is 0.442. The smallest absolute Gasteiger partial charge is 0.276 e. The van der Waals surface area contributed by atoms with Crippen molar-refractivity contribution in [3.63, 3.8) is 0 Å². The van der Waals surface area contributed by atoms with Gasteiger partial charge in [0.1, 0.15) is 0 Å². The van der Waals surface area contributed by atoms with E-state index in [1.807, 2.05) is 6.92 Å². The van der Waals surface area contributed by atoms with Gasteiger partial charge in [0, 0.05) is 26.3 Å². The van der Waals surface area contributed by atoms with Crippen molar-refractivity contribution in [3.05, 3.63) is 11.9 Å². The fourth-order valence-electron chi connectivity index (χ4n) is 1.88. The molecule has 1 unspecified atom stereocenters. The second kappa shape index (κ2) is 5.21. The molecule has 1 atom stereocenters. The van der Waals surface area contributed by atoms with Gasteiger partial charge in [0.25, 0.3) is 5.91 Å². The normalized spacial score (nSPS) is 12.8. The zero-order valence-electron chi connectivity index (χ0n) is 11.3. The van der Waals surface area contributed by atoms with Gasteiger partial charge in [-0.3, -0.25) is 9.48 Å². The summed E-state index contributed by atoms with van der Waals surface area (Å²) < 4.78 is 1.56. The van der Waals surface area contributed by atoms with Gasteiger partial charge in [-0.2, -0.15) is 5.10 Å². The van der Waals surface area contributed by atoms with E-state index < -0.39 is 0 Å². The number of amides is 1. The van der Waals surface area contributed by atoms with E-state index in [0.29, 0.717) is 17.3 Å². The number of carbonyl (C=O) groups excluding carboxylic acids is 1. The zero-order chi connectivity index (χ0) is 13.2. The van der Waals surface area contributed by atoms with Crippen molar-refractivity contribution in [3.8, 4) is 0 Å². The number of nitrogens with two attached hydrogens (primary N) is 1. The second-order valence-electron chi connectivity index (χ2n) is 5.00. The number of hydrogen-bond acceptors (Lipinski definition) is 3. The summed E-state index contributed by atoms with van der Waals surface area (Å²) in [4.78, 5) is 13.9. The molecule has 0 aliphatic heterocycles. The average molecular weight is 238 g/mol. The lowest BCUT2D eigenvalue weighted by Gasteiger charge is -2.25. The van der Waals surface area contributed by atoms with Crippen LogP contribution < -0.4 is 5.73 Å². The van der Waals surface area contributed by atoms with Gasteiger partial charge in [0.15, 0.2) is 5.69 Å². The number of nitrogens with zero attached hydrogens (tertiary/aromatic N) is 3. The number of aryl methyl sites for hydroxylation is 1. The molecule has 1 rings (SSSR count). The van der Waals surface area contributed by atoms with Crippen LogP contribution in [0.1, 0.15) is 37.7 Å². The minimum Gasteiger partial charge on any atom is -0.396 e. The first-order valence-corrected chi connectivity index (χ1v) is 5.89. The van der Waals surface area contributed by atoms with Crippen molar-refractivity contribution in [2.45, 2.75) is 33.2 Å². The van der Waals surface area contributed by atoms with Crippen LogP contribution in [0.25, 0.3) is 0 Å². The second-order valence-corrected chi connectivity index (χ2v) is 5.00. The highest BCUT2D eigenvalue weighted by Gasteiger charge is 2.22. The lowest BCUT2D eigenvalue weighted by molar-refractivity contribution is 0.0722. The molecule has 0 bridgehead atoms. The Labute approximate surface area is 103 Å². The molecule has 5 heteroatoms. The highest BCUT2D eigenvalue weighted by molar-refractivity contribution is 5.97. The fraction of sp³-hybridized carbons (Fsp3) is 0.667. The van der Waals surface area contributed by atoms with Gasteiger partial charge in [0.2, 0.25) is 0 Å². The predicted molar refractivity (Wildman–Crippen MR) is 68.6 cm³/mol. The van der Waals surface area contributed by atoms with Crippen LogP contribution in [0.4, 0.5) is 5.69 Å². The molecular weight excluding hydrogens is 216 g/mol. The van der Waals surface area contributed by atoms with E-state index in [2.05, 4.69) is 18.9 Å². The van der Waals surface area contributed by atoms with E-state index in [9.17, 15) is 4.79 Å². The van der Waals surface area contributed by atoms with Crippen LogP contribution in [-0.2, 0) is 7.05 Å². The van der Waals surface area contributed by atoms with Crippen LogP contribution in [0.3, 0.4) is 0 Å². The molecule has 0 saturated carbocycles. The molecule has 0 saturated heterocycles. The molecule has 5 nitrogen and oxygen atoms in total. The molecule has 0 radical (unpaired) electrons. The molecular formula is C12H22N4O. The minimum absolute atomic E-state index is 0.115. The first-order chi connectivity index (χ1) is 7.82. The first-order valence-electron chi connectivity index (χ1n) is 5.89. The lowest BCUT2D eigenvalue weighted by atomic mass is 10.0. The Kier molecular flexibility index (Phi) is 4.15. The van der Waals surface area contributed by atoms with E-state index in [1.165, 1.54) is 0 Å². The van der Waals surface area contributed by atoms with Crippen LogP contribution in [0, 0.1) is 5.92 Å². The van der Waals surface area contributed by atoms with Gasteiger partial charge in [0.05, 0.1) is 5.69 Å². The van der Waals surface area contributed by atoms with Gasteiger partial charge in [-0.1, -0.05) is 13.8 Å². The highest BCUT2D eigenvalue weighted by Crippen LogP contribution is 2.15. The van der Waals surface area contributed by atoms with Crippen molar-refractivity contribution in [2.24, 2.45) is 13.0 Å². The summed E-state index contributed by atoms with van der Waals surface area (Å²) >= 11 is 0. The van der Waals surface area contributed by atoms with E-state index in [0.717, 1.165) is 6.42 Å². The quantitative estimate of drug-likeness (QED) is 0.864. The number of nitrogen functional groups attached to an aromatic ring is 1. The van der Waals surface area contributed by atoms with E-state index in [4.69, 9.17) is 5.73 Å². The molecule has 0 aliphatic rings. The Morgan fingerprint density at radius 3 is 2.53 bits per heavy atom. The van der Waals surface area contributed by atoms with Gasteiger partial charge in [-0.25, -0.2) is 0 Å². The van der Waals surface area contributed by atoms with E-state index in [1.54, 1.807) is 29.9 Å². The Hall–Kier alpha value is -1.52. The van der Waals surface area contributed by atoms with Crippen LogP contribution in [0.2, 0.25) is 0 Å². The Morgan fingerprint density at radius 1 is 1.53 bits per heavy atom. The van der Waals surface area contributed by atoms with E-state index >= 15 is 0 Å². The third-order valence-corrected chi connectivity index (χ3v) is 2.85. The number of aromatic nitrogens is 2. The minimum atomic E-state index is -0.115. The molecule has 1 heterocycles. The Bertz CT molecular complexity index is 397. The molecule has 0 aliphatic carbocycles. The predicted octanol–water partition coefficient (Wildman–Crippen LogP) is 1.51. The van der Waals surface area contributed by atoms with Crippen molar-refractivity contribution in [2.75, 3.05) is 12.8 Å². The summed E-state index contributed by atoms with van der Waals surface area (Å²) in [6, 6.07) is 0.184. The standard InChI is InChI=1S/C12H22N4O/c1-8(2)6-9(3)16(5)12(17)11-10(13)7-15(4)14-11/h7-9H,6,13H2,1-5H3. The fourth-order valence-corrected chi connectivity index (χ4v) is 1.88. The Balaban J connectivity index is 2.79. The maximum Gasteiger partial charge on any atom is 0.276 e. The van der Waals surface area contributed by atoms with Gasteiger partial charge < -0.3 is 10.6 Å². The molecule has 2 N–H and O–H groups in total. The lowest BCUT2D eigenvalue weighted by Crippen LogP contribution is -2.36. The molecule has 1 aromatic rings. The molecule has 96 valence electrons. The van der Waals surface area contributed by atoms with Crippen molar-refractivity contribution in [1.82, 2.24) is 14.7 Å². The van der Waals surface area contributed by atoms with Crippen LogP contribution in [-0.4, -0.2) is 33.7 Å². The summed E-state index contributed by atoms with van der Waals surface area (Å²) in [6.07, 6.45) is 2.61. The van der Waals surface area contributed by atoms with Crippen molar-refractivity contribution >= 4 is 11.6 Å². The topological polar surface area (TPSA) is 64.2 Å². The third kappa shape index (κ3) is 3.22. The Morgan fingerprint density at radius 2 is 2.12 bits per heavy atom. The number of anilines is 1. The number of rotatable bonds is 4. The maximum absolute atomic E-state index is 12.2. The largest absolute Gasteiger partial charge is 0.396 e. The van der Waals surface area contributed by atoms with Gasteiger partial charge in [-0.15, -0.1) is 0 Å². The molecule has 1 amide bonds. The first kappa shape index (κ1) is 13.5. The van der Waals surface area contributed by atoms with E-state index in [-0.39, 0.29) is 11.9 Å². The average Bonchev–Trinajstić information content (AvgIpc) is 2.54. The van der Waals surface area contributed by atoms with Gasteiger partial charge >= 0.3 is 0 Å². The SMILES string of the molecule is CC(C)CC(C)N(C)C(=O)c1nn(C)cc1N. The van der Waals surface area contributed by atoms with Crippen molar-refractivity contribution < 1.29 is 4.79 Å². The maximum atomic E-state index is 12.2. The summed E-state index contributed by atoms with van der Waals surface area (Å²) in [6.45, 7) is 6.32. The molecule has 1 aromatic heterocycles. The van der Waals surface area contributed by atoms with Crippen molar-refractivity contribution in [1.29, 1.82) is 0 Å². The molecule has 17 heavy (non-hydrogen) atoms. The summed E-state index contributed by atoms with van der Waals surface area (Å²) in [5.41, 5.74) is 6.52. The summed E-state index contributed by atoms with van der Waals surface area (Å²) in [7, 11) is 3.55. The zero-order valence-corrected chi connectivity index (χ0v) is 11.3. The van der Waals surface area contributed by atoms with Crippen LogP contribution in [0.15, 0.2) is 6.20 Å². The van der Waals surface area contributed by atoms with Gasteiger partial charge in [-0.05, 0) is 19.3 Å². The van der Waals surface area contributed by atoms with Crippen LogP contribution >= 0.6 is 0 Å². The molecule has 0 aromatic carbocycles. The molecule has 0 fully saturated rings. The van der Waals surface area contributed by atoms with Crippen LogP contribution in [0.5, 0.6) is 0 Å². The third-order valence-electron chi connectivity index (χ3n) is 2.85. The monoisotopic (exact) mass is 238 g/mol. The molecule has 0 spiro atoms. The summed E-state index contributed by atoms with van der Waals surface area (Å²) in [5, 5.41) is 4.09. The number of carbonyl (C=O) groups is 1. The highest BCUT2D eigenvalue weighted by atomic mass is 16.2.